The molecule has 0 amide bonds. The van der Waals surface area contributed by atoms with Gasteiger partial charge in [-0.25, -0.2) is 4.39 Å². The Labute approximate surface area is 159 Å². The molecular formula is C19H17FN2O4S. The molecule has 0 aliphatic heterocycles. The maximum absolute atomic E-state index is 13.7. The van der Waals surface area contributed by atoms with Crippen LogP contribution in [0.3, 0.4) is 0 Å². The Balaban J connectivity index is 1.62. The van der Waals surface area contributed by atoms with Crippen LogP contribution in [0.25, 0.3) is 11.5 Å². The number of thioether (sulfide) groups is 1. The number of hydrogen-bond donors (Lipinski definition) is 0. The van der Waals surface area contributed by atoms with Crippen LogP contribution in [0.15, 0.2) is 52.1 Å². The summed E-state index contributed by atoms with van der Waals surface area (Å²) in [5, 5.41) is 8.18. The molecule has 0 fully saturated rings. The fourth-order valence-electron chi connectivity index (χ4n) is 2.30. The molecule has 2 aromatic carbocycles. The van der Waals surface area contributed by atoms with E-state index in [1.165, 1.54) is 19.2 Å². The number of carbonyl (C=O) groups excluding carboxylic acids is 1. The number of carbonyl (C=O) groups is 1. The van der Waals surface area contributed by atoms with Crippen molar-refractivity contribution in [3.8, 4) is 23.0 Å². The maximum Gasteiger partial charge on any atom is 0.277 e. The van der Waals surface area contributed by atoms with Crippen LogP contribution in [0.4, 0.5) is 4.39 Å². The lowest BCUT2D eigenvalue weighted by Crippen LogP contribution is -2.03. The quantitative estimate of drug-likeness (QED) is 0.422. The van der Waals surface area contributed by atoms with Crippen molar-refractivity contribution in [2.24, 2.45) is 0 Å². The Morgan fingerprint density at radius 2 is 1.96 bits per heavy atom. The van der Waals surface area contributed by atoms with E-state index in [9.17, 15) is 9.18 Å². The molecule has 0 aliphatic rings. The molecule has 8 heteroatoms. The van der Waals surface area contributed by atoms with Crippen molar-refractivity contribution in [1.29, 1.82) is 0 Å². The number of ether oxygens (including phenoxy) is 2. The monoisotopic (exact) mass is 388 g/mol. The van der Waals surface area contributed by atoms with Gasteiger partial charge in [0.25, 0.3) is 5.22 Å². The van der Waals surface area contributed by atoms with Crippen LogP contribution in [0.1, 0.15) is 17.3 Å². The lowest BCUT2D eigenvalue weighted by atomic mass is 10.1. The zero-order valence-corrected chi connectivity index (χ0v) is 15.6. The highest BCUT2D eigenvalue weighted by atomic mass is 32.2. The molecule has 0 atom stereocenters. The van der Waals surface area contributed by atoms with E-state index in [1.807, 2.05) is 31.2 Å². The zero-order valence-electron chi connectivity index (χ0n) is 14.8. The van der Waals surface area contributed by atoms with Crippen molar-refractivity contribution in [1.82, 2.24) is 10.2 Å². The predicted octanol–water partition coefficient (Wildman–Crippen LogP) is 4.26. The van der Waals surface area contributed by atoms with Gasteiger partial charge in [-0.3, -0.25) is 4.79 Å². The maximum atomic E-state index is 13.7. The first-order valence-corrected chi connectivity index (χ1v) is 9.15. The first-order chi connectivity index (χ1) is 13.1. The third-order valence-corrected chi connectivity index (χ3v) is 4.44. The summed E-state index contributed by atoms with van der Waals surface area (Å²) in [6.45, 7) is 2.50. The summed E-state index contributed by atoms with van der Waals surface area (Å²) in [5.41, 5.74) is 1.01. The number of halogens is 1. The van der Waals surface area contributed by atoms with Crippen molar-refractivity contribution < 1.29 is 23.1 Å². The van der Waals surface area contributed by atoms with E-state index < -0.39 is 5.82 Å². The van der Waals surface area contributed by atoms with Crippen molar-refractivity contribution in [3.63, 3.8) is 0 Å². The summed E-state index contributed by atoms with van der Waals surface area (Å²) in [6.07, 6.45) is 0. The summed E-state index contributed by atoms with van der Waals surface area (Å²) in [6, 6.07) is 11.4. The van der Waals surface area contributed by atoms with Crippen LogP contribution in [-0.4, -0.2) is 35.5 Å². The number of nitrogens with zero attached hydrogens (tertiary/aromatic N) is 2. The number of hydrogen-bond acceptors (Lipinski definition) is 7. The number of benzene rings is 2. The van der Waals surface area contributed by atoms with Gasteiger partial charge in [0.1, 0.15) is 5.75 Å². The van der Waals surface area contributed by atoms with Gasteiger partial charge in [0.2, 0.25) is 5.89 Å². The molecule has 140 valence electrons. The third-order valence-electron chi connectivity index (χ3n) is 3.62. The van der Waals surface area contributed by atoms with Gasteiger partial charge in [-0.1, -0.05) is 11.8 Å². The molecule has 3 rings (SSSR count). The molecule has 0 aliphatic carbocycles. The van der Waals surface area contributed by atoms with E-state index in [1.54, 1.807) is 0 Å². The topological polar surface area (TPSA) is 74.5 Å². The second-order valence-electron chi connectivity index (χ2n) is 5.39. The molecule has 6 nitrogen and oxygen atoms in total. The van der Waals surface area contributed by atoms with Gasteiger partial charge in [-0.2, -0.15) is 0 Å². The van der Waals surface area contributed by atoms with Gasteiger partial charge in [-0.15, -0.1) is 10.2 Å². The van der Waals surface area contributed by atoms with E-state index in [0.29, 0.717) is 12.5 Å². The smallest absolute Gasteiger partial charge is 0.277 e. The summed E-state index contributed by atoms with van der Waals surface area (Å²) in [7, 11) is 1.37. The van der Waals surface area contributed by atoms with Crippen LogP contribution in [-0.2, 0) is 0 Å². The first kappa shape index (κ1) is 18.9. The minimum absolute atomic E-state index is 0.0523. The van der Waals surface area contributed by atoms with Gasteiger partial charge < -0.3 is 13.9 Å². The fourth-order valence-corrected chi connectivity index (χ4v) is 2.95. The SMILES string of the molecule is CCOc1ccc(-c2nnc(SCC(=O)c3ccc(OC)c(F)c3)o2)cc1. The first-order valence-electron chi connectivity index (χ1n) is 8.17. The van der Waals surface area contributed by atoms with Crippen molar-refractivity contribution in [3.05, 3.63) is 53.8 Å². The van der Waals surface area contributed by atoms with Crippen LogP contribution in [0.2, 0.25) is 0 Å². The Morgan fingerprint density at radius 1 is 1.19 bits per heavy atom. The molecular weight excluding hydrogens is 371 g/mol. The Hall–Kier alpha value is -2.87. The zero-order chi connectivity index (χ0) is 19.2. The lowest BCUT2D eigenvalue weighted by Gasteiger charge is -2.04. The molecule has 1 heterocycles. The molecule has 0 bridgehead atoms. The average Bonchev–Trinajstić information content (AvgIpc) is 3.16. The van der Waals surface area contributed by atoms with Gasteiger partial charge in [0.05, 0.1) is 19.5 Å². The lowest BCUT2D eigenvalue weighted by molar-refractivity contribution is 0.102. The molecule has 0 saturated carbocycles. The van der Waals surface area contributed by atoms with E-state index in [0.717, 1.165) is 29.1 Å². The predicted molar refractivity (Wildman–Crippen MR) is 98.9 cm³/mol. The standard InChI is InChI=1S/C19H17FN2O4S/c1-3-25-14-7-4-12(5-8-14)18-21-22-19(26-18)27-11-16(23)13-6-9-17(24-2)15(20)10-13/h4-10H,3,11H2,1-2H3. The fraction of sp³-hybridized carbons (Fsp3) is 0.211. The highest BCUT2D eigenvalue weighted by Crippen LogP contribution is 2.26. The molecule has 0 unspecified atom stereocenters. The molecule has 1 aromatic heterocycles. The van der Waals surface area contributed by atoms with E-state index in [2.05, 4.69) is 10.2 Å². The van der Waals surface area contributed by atoms with Crippen LogP contribution in [0, 0.1) is 5.82 Å². The number of methoxy groups -OCH3 is 1. The van der Waals surface area contributed by atoms with Crippen LogP contribution in [0.5, 0.6) is 11.5 Å². The summed E-state index contributed by atoms with van der Waals surface area (Å²) < 4.78 is 29.5. The average molecular weight is 388 g/mol. The van der Waals surface area contributed by atoms with Crippen molar-refractivity contribution in [2.75, 3.05) is 19.5 Å². The molecule has 0 spiro atoms. The second-order valence-corrected chi connectivity index (χ2v) is 6.32. The third kappa shape index (κ3) is 4.65. The Kier molecular flexibility index (Phi) is 6.08. The van der Waals surface area contributed by atoms with Gasteiger partial charge in [0.15, 0.2) is 17.3 Å². The number of rotatable bonds is 8. The summed E-state index contributed by atoms with van der Waals surface area (Å²) >= 11 is 1.10. The van der Waals surface area contributed by atoms with E-state index in [-0.39, 0.29) is 28.1 Å². The Bertz CT molecular complexity index is 928. The van der Waals surface area contributed by atoms with Crippen LogP contribution < -0.4 is 9.47 Å². The van der Waals surface area contributed by atoms with Gasteiger partial charge in [0, 0.05) is 11.1 Å². The summed E-state index contributed by atoms with van der Waals surface area (Å²) in [5.74, 6) is 0.426. The molecule has 0 N–H and O–H groups in total. The summed E-state index contributed by atoms with van der Waals surface area (Å²) in [4.78, 5) is 12.2. The highest BCUT2D eigenvalue weighted by Gasteiger charge is 2.14. The number of Topliss-reactive ketones (excluding diaryl/α,β-unsaturated/α-hetero) is 1. The normalized spacial score (nSPS) is 10.6. The van der Waals surface area contributed by atoms with E-state index in [4.69, 9.17) is 13.9 Å². The molecule has 0 saturated heterocycles. The van der Waals surface area contributed by atoms with Crippen molar-refractivity contribution >= 4 is 17.5 Å². The van der Waals surface area contributed by atoms with Crippen LogP contribution >= 0.6 is 11.8 Å². The van der Waals surface area contributed by atoms with Gasteiger partial charge in [-0.05, 0) is 49.4 Å². The Morgan fingerprint density at radius 3 is 2.63 bits per heavy atom. The van der Waals surface area contributed by atoms with Crippen molar-refractivity contribution in [2.45, 2.75) is 12.1 Å². The largest absolute Gasteiger partial charge is 0.494 e. The number of aromatic nitrogens is 2. The second kappa shape index (κ2) is 8.68. The minimum atomic E-state index is -0.580. The molecule has 27 heavy (non-hydrogen) atoms. The van der Waals surface area contributed by atoms with E-state index >= 15 is 0 Å². The molecule has 0 radical (unpaired) electrons. The minimum Gasteiger partial charge on any atom is -0.494 e. The van der Waals surface area contributed by atoms with Gasteiger partial charge >= 0.3 is 0 Å². The highest BCUT2D eigenvalue weighted by molar-refractivity contribution is 7.99. The number of ketones is 1. The molecule has 3 aromatic rings.